The van der Waals surface area contributed by atoms with Gasteiger partial charge in [0.05, 0.1) is 0 Å². The molecule has 0 saturated heterocycles. The molecule has 30 heavy (non-hydrogen) atoms. The molecule has 3 aromatic rings. The van der Waals surface area contributed by atoms with E-state index >= 15 is 0 Å². The van der Waals surface area contributed by atoms with E-state index in [0.29, 0.717) is 40.9 Å². The van der Waals surface area contributed by atoms with E-state index in [-0.39, 0.29) is 11.7 Å². The molecule has 6 heteroatoms. The third-order valence-corrected chi connectivity index (χ3v) is 5.12. The average Bonchev–Trinajstić information content (AvgIpc) is 3.22. The smallest absolute Gasteiger partial charge is 0.274 e. The van der Waals surface area contributed by atoms with Gasteiger partial charge < -0.3 is 4.90 Å². The van der Waals surface area contributed by atoms with Crippen molar-refractivity contribution < 1.29 is 19.2 Å². The van der Waals surface area contributed by atoms with Crippen LogP contribution in [0.3, 0.4) is 0 Å². The van der Waals surface area contributed by atoms with Gasteiger partial charge in [-0.3, -0.25) is 14.8 Å². The van der Waals surface area contributed by atoms with Crippen LogP contribution in [-0.4, -0.2) is 23.6 Å². The Labute approximate surface area is 173 Å². The Hall–Kier alpha value is -3.77. The zero-order valence-electron chi connectivity index (χ0n) is 16.0. The maximum atomic E-state index is 13.6. The van der Waals surface area contributed by atoms with Crippen LogP contribution >= 0.6 is 0 Å². The van der Waals surface area contributed by atoms with Gasteiger partial charge in [-0.1, -0.05) is 48.5 Å². The van der Waals surface area contributed by atoms with Gasteiger partial charge in [0.15, 0.2) is 0 Å². The summed E-state index contributed by atoms with van der Waals surface area (Å²) in [5.74, 6) is -1.17. The predicted molar refractivity (Wildman–Crippen MR) is 112 cm³/mol. The summed E-state index contributed by atoms with van der Waals surface area (Å²) in [5, 5.41) is 9.00. The first-order chi connectivity index (χ1) is 14.6. The predicted octanol–water partition coefficient (Wildman–Crippen LogP) is 4.07. The van der Waals surface area contributed by atoms with Crippen molar-refractivity contribution in [2.24, 2.45) is 0 Å². The second kappa shape index (κ2) is 8.31. The summed E-state index contributed by atoms with van der Waals surface area (Å²) >= 11 is 0. The summed E-state index contributed by atoms with van der Waals surface area (Å²) in [6.07, 6.45) is 2.24. The molecule has 150 valence electrons. The lowest BCUT2D eigenvalue weighted by atomic mass is 10.0. The molecule has 2 N–H and O–H groups in total. The molecule has 0 unspecified atom stereocenters. The Bertz CT molecular complexity index is 1120. The molecule has 0 spiro atoms. The van der Waals surface area contributed by atoms with Crippen LogP contribution in [0.25, 0.3) is 11.6 Å². The number of hydrogen-bond donors (Lipinski definition) is 2. The molecule has 2 amide bonds. The molecule has 0 radical (unpaired) electrons. The van der Waals surface area contributed by atoms with Crippen LogP contribution in [0.15, 0.2) is 72.8 Å². The Morgan fingerprint density at radius 3 is 2.40 bits per heavy atom. The molecule has 0 fully saturated rings. The van der Waals surface area contributed by atoms with Crippen LogP contribution in [-0.2, 0) is 11.2 Å². The lowest BCUT2D eigenvalue weighted by Crippen LogP contribution is -2.29. The molecule has 1 aliphatic heterocycles. The van der Waals surface area contributed by atoms with Crippen LogP contribution in [0.2, 0.25) is 0 Å². The summed E-state index contributed by atoms with van der Waals surface area (Å²) in [4.78, 5) is 27.2. The first-order valence-electron chi connectivity index (χ1n) is 9.49. The Morgan fingerprint density at radius 1 is 0.967 bits per heavy atom. The number of carbonyl (C=O) groups excluding carboxylic acids is 2. The first kappa shape index (κ1) is 19.5. The summed E-state index contributed by atoms with van der Waals surface area (Å²) in [6.45, 7) is 0.414. The van der Waals surface area contributed by atoms with Crippen molar-refractivity contribution in [3.63, 3.8) is 0 Å². The van der Waals surface area contributed by atoms with Crippen LogP contribution < -0.4 is 10.4 Å². The van der Waals surface area contributed by atoms with Crippen molar-refractivity contribution in [1.82, 2.24) is 5.48 Å². The fourth-order valence-corrected chi connectivity index (χ4v) is 3.68. The highest BCUT2D eigenvalue weighted by Gasteiger charge is 2.30. The SMILES string of the molecule is O=C(NO)c1cccc2c1CCN2C(=O)C(=Cc1ccc(F)cc1)c1ccccc1. The van der Waals surface area contributed by atoms with Gasteiger partial charge in [0.1, 0.15) is 5.82 Å². The number of amides is 2. The lowest BCUT2D eigenvalue weighted by molar-refractivity contribution is -0.113. The van der Waals surface area contributed by atoms with E-state index in [1.165, 1.54) is 12.1 Å². The second-order valence-corrected chi connectivity index (χ2v) is 6.93. The van der Waals surface area contributed by atoms with E-state index in [0.717, 1.165) is 5.56 Å². The van der Waals surface area contributed by atoms with Gasteiger partial charge in [-0.05, 0) is 53.5 Å². The van der Waals surface area contributed by atoms with Gasteiger partial charge in [-0.2, -0.15) is 0 Å². The van der Waals surface area contributed by atoms with Gasteiger partial charge in [0, 0.05) is 23.4 Å². The van der Waals surface area contributed by atoms with Crippen LogP contribution in [0, 0.1) is 5.82 Å². The summed E-state index contributed by atoms with van der Waals surface area (Å²) < 4.78 is 13.3. The molecular formula is C24H19FN2O3. The zero-order valence-corrected chi connectivity index (χ0v) is 16.0. The number of hydroxylamine groups is 1. The molecule has 3 aromatic carbocycles. The lowest BCUT2D eigenvalue weighted by Gasteiger charge is -2.20. The van der Waals surface area contributed by atoms with Gasteiger partial charge >= 0.3 is 0 Å². The Morgan fingerprint density at radius 2 is 1.70 bits per heavy atom. The number of fused-ring (bicyclic) bond motifs is 1. The number of anilines is 1. The molecule has 4 rings (SSSR count). The molecule has 0 saturated carbocycles. The fraction of sp³-hybridized carbons (Fsp3) is 0.0833. The third-order valence-electron chi connectivity index (χ3n) is 5.12. The number of halogens is 1. The highest BCUT2D eigenvalue weighted by atomic mass is 19.1. The van der Waals surface area contributed by atoms with E-state index in [4.69, 9.17) is 5.21 Å². The van der Waals surface area contributed by atoms with E-state index in [1.54, 1.807) is 46.8 Å². The van der Waals surface area contributed by atoms with Crippen molar-refractivity contribution in [3.05, 3.63) is 101 Å². The van der Waals surface area contributed by atoms with Gasteiger partial charge in [0.2, 0.25) is 0 Å². The van der Waals surface area contributed by atoms with Crippen LogP contribution in [0.1, 0.15) is 27.0 Å². The Kier molecular flexibility index (Phi) is 5.41. The summed E-state index contributed by atoms with van der Waals surface area (Å²) in [6, 6.07) is 20.3. The maximum absolute atomic E-state index is 13.6. The molecule has 1 aliphatic rings. The maximum Gasteiger partial charge on any atom is 0.274 e. The van der Waals surface area contributed by atoms with Crippen molar-refractivity contribution >= 4 is 29.2 Å². The number of nitrogens with one attached hydrogen (secondary N) is 1. The number of rotatable bonds is 4. The average molecular weight is 402 g/mol. The standard InChI is InChI=1S/C24H19FN2O3/c25-18-11-9-16(10-12-18)15-21(17-5-2-1-3-6-17)24(29)27-14-13-19-20(23(28)26-30)7-4-8-22(19)27/h1-12,15,30H,13-14H2,(H,26,28). The van der Waals surface area contributed by atoms with Gasteiger partial charge in [-0.15, -0.1) is 0 Å². The Balaban J connectivity index is 1.76. The minimum absolute atomic E-state index is 0.217. The molecule has 1 heterocycles. The highest BCUT2D eigenvalue weighted by molar-refractivity contribution is 6.30. The first-order valence-corrected chi connectivity index (χ1v) is 9.49. The summed E-state index contributed by atoms with van der Waals surface area (Å²) in [5.41, 5.74) is 5.26. The van der Waals surface area contributed by atoms with Crippen LogP contribution in [0.5, 0.6) is 0 Å². The van der Waals surface area contributed by atoms with Gasteiger partial charge in [-0.25, -0.2) is 9.87 Å². The van der Waals surface area contributed by atoms with Crippen molar-refractivity contribution in [2.75, 3.05) is 11.4 Å². The van der Waals surface area contributed by atoms with E-state index in [1.807, 2.05) is 30.3 Å². The largest absolute Gasteiger partial charge is 0.308 e. The minimum Gasteiger partial charge on any atom is -0.308 e. The van der Waals surface area contributed by atoms with E-state index < -0.39 is 5.91 Å². The third kappa shape index (κ3) is 3.73. The molecular weight excluding hydrogens is 383 g/mol. The molecule has 0 atom stereocenters. The van der Waals surface area contributed by atoms with Crippen molar-refractivity contribution in [2.45, 2.75) is 6.42 Å². The van der Waals surface area contributed by atoms with Gasteiger partial charge in [0.25, 0.3) is 11.8 Å². The molecule has 0 bridgehead atoms. The number of carbonyl (C=O) groups is 2. The summed E-state index contributed by atoms with van der Waals surface area (Å²) in [7, 11) is 0. The topological polar surface area (TPSA) is 69.6 Å². The van der Waals surface area contributed by atoms with E-state index in [9.17, 15) is 14.0 Å². The zero-order chi connectivity index (χ0) is 21.1. The minimum atomic E-state index is -0.605. The monoisotopic (exact) mass is 402 g/mol. The highest BCUT2D eigenvalue weighted by Crippen LogP contribution is 2.33. The number of hydrogen-bond acceptors (Lipinski definition) is 3. The fourth-order valence-electron chi connectivity index (χ4n) is 3.68. The van der Waals surface area contributed by atoms with Crippen LogP contribution in [0.4, 0.5) is 10.1 Å². The van der Waals surface area contributed by atoms with Crippen molar-refractivity contribution in [3.8, 4) is 0 Å². The number of nitrogens with zero attached hydrogens (tertiary/aromatic N) is 1. The van der Waals surface area contributed by atoms with Crippen molar-refractivity contribution in [1.29, 1.82) is 0 Å². The molecule has 0 aliphatic carbocycles. The molecule has 5 nitrogen and oxygen atoms in total. The quantitative estimate of drug-likeness (QED) is 0.299. The van der Waals surface area contributed by atoms with E-state index in [2.05, 4.69) is 0 Å². The second-order valence-electron chi connectivity index (χ2n) is 6.93. The normalized spacial score (nSPS) is 13.1. The molecule has 0 aromatic heterocycles. The number of benzene rings is 3.